The van der Waals surface area contributed by atoms with E-state index in [0.29, 0.717) is 97.2 Å². The Morgan fingerprint density at radius 1 is 0.363 bits per heavy atom. The third kappa shape index (κ3) is 80.1. The Morgan fingerprint density at radius 2 is 0.686 bits per heavy atom. The molecule has 0 aliphatic rings. The molecule has 41 nitrogen and oxygen atoms in total. The van der Waals surface area contributed by atoms with Gasteiger partial charge in [0.2, 0.25) is 29.5 Å². The van der Waals surface area contributed by atoms with Crippen molar-refractivity contribution >= 4 is 95.2 Å². The number of aliphatic hydroxyl groups excluding tert-OH is 2. The van der Waals surface area contributed by atoms with E-state index in [2.05, 4.69) is 12.2 Å². The SMILES string of the molecule is CCCC(=O)N(CC(=O)O)CC(=O)O.CCCC(=O)N(CCC(=O)O)CCN(CCC(=O)O)C(=O)CCC.CCCOCCOCCNC(=O)[C@@H](N)CCCCN.NCCCC[C@H](N)C(N)=O.O=C(O)C(O)C(O)C(=O)O.O=C(O)CCCCCCC(=O)O.O=C(O)CN(CC(=O)O)CC(=O)O. The maximum absolute atomic E-state index is 12.1. The van der Waals surface area contributed by atoms with E-state index >= 15 is 0 Å². The van der Waals surface area contributed by atoms with Crippen molar-refractivity contribution in [3.63, 3.8) is 0 Å². The Morgan fingerprint density at radius 3 is 0.971 bits per heavy atom. The number of hydrogen-bond donors (Lipinski definition) is 19. The highest BCUT2D eigenvalue weighted by molar-refractivity contribution is 5.85. The van der Waals surface area contributed by atoms with Gasteiger partial charge in [0.25, 0.3) is 0 Å². The van der Waals surface area contributed by atoms with E-state index in [1.54, 1.807) is 6.92 Å². The van der Waals surface area contributed by atoms with Crippen LogP contribution in [0.15, 0.2) is 0 Å². The number of amides is 5. The minimum absolute atomic E-state index is 0.0862. The van der Waals surface area contributed by atoms with Crippen molar-refractivity contribution in [2.24, 2.45) is 28.7 Å². The van der Waals surface area contributed by atoms with Gasteiger partial charge in [0.15, 0.2) is 12.2 Å². The van der Waals surface area contributed by atoms with Gasteiger partial charge >= 0.3 is 65.7 Å². The first kappa shape index (κ1) is 107. The molecule has 24 N–H and O–H groups in total. The molecule has 0 aromatic rings. The summed E-state index contributed by atoms with van der Waals surface area (Å²) in [6, 6.07) is -0.939. The lowest BCUT2D eigenvalue weighted by molar-refractivity contribution is -0.165. The quantitative estimate of drug-likeness (QED) is 0.0288. The van der Waals surface area contributed by atoms with E-state index in [4.69, 9.17) is 105 Å². The summed E-state index contributed by atoms with van der Waals surface area (Å²) < 4.78 is 10.6. The molecule has 0 aromatic carbocycles. The molecule has 0 aliphatic carbocycles. The molecule has 41 heteroatoms. The largest absolute Gasteiger partial charge is 0.481 e. The number of primary amides is 1. The van der Waals surface area contributed by atoms with E-state index in [9.17, 15) is 76.7 Å². The molecule has 0 rings (SSSR count). The van der Waals surface area contributed by atoms with Crippen LogP contribution in [-0.4, -0.2) is 310 Å². The van der Waals surface area contributed by atoms with Gasteiger partial charge in [-0.25, -0.2) is 9.59 Å². The Labute approximate surface area is 591 Å². The minimum Gasteiger partial charge on any atom is -0.481 e. The number of nitrogens with zero attached hydrogens (tertiary/aromatic N) is 4. The average Bonchev–Trinajstić information content (AvgIpc) is 0.918. The number of carbonyl (C=O) groups excluding carboxylic acids is 5. The van der Waals surface area contributed by atoms with Crippen molar-refractivity contribution in [1.29, 1.82) is 0 Å². The number of carbonyl (C=O) groups is 16. The molecule has 0 aliphatic heterocycles. The number of ether oxygens (including phenoxy) is 2. The van der Waals surface area contributed by atoms with Crippen LogP contribution in [0, 0.1) is 0 Å². The number of rotatable bonds is 53. The zero-order valence-electron chi connectivity index (χ0n) is 58.8. The first-order chi connectivity index (χ1) is 47.7. The summed E-state index contributed by atoms with van der Waals surface area (Å²) in [5, 5.41) is 111. The fourth-order valence-electron chi connectivity index (χ4n) is 7.15. The molecule has 0 fully saturated rings. The number of nitrogens with one attached hydrogen (secondary N) is 1. The van der Waals surface area contributed by atoms with Crippen molar-refractivity contribution in [2.45, 2.75) is 187 Å². The van der Waals surface area contributed by atoms with E-state index in [0.717, 1.165) is 61.4 Å². The van der Waals surface area contributed by atoms with Crippen LogP contribution in [0.5, 0.6) is 0 Å². The molecule has 2 unspecified atom stereocenters. The highest BCUT2D eigenvalue weighted by atomic mass is 16.5. The average molecular weight is 1480 g/mol. The molecule has 102 heavy (non-hydrogen) atoms. The zero-order chi connectivity index (χ0) is 80.1. The van der Waals surface area contributed by atoms with Gasteiger partial charge in [-0.15, -0.1) is 0 Å². The standard InChI is InChI=1S/C16H28N2O6.C13H29N3O3.C8H13NO5.C8H14O4.C6H15N3O.C6H9NO6.C4H6O6/c1-3-5-13(19)17(9-7-15(21)22)11-12-18(10-8-16(23)24)14(20)6-4-2;1-2-8-18-10-11-19-9-7-16-13(17)12(15)5-3-4-6-14;1-2-3-6(10)9(4-7(11)12)5-8(13)14;9-7(10)5-3-1-2-4-6-8(11)12;7-4-2-1-3-5(8)6(9)10;8-4(9)1-7(2-5(10)11)3-6(12)13;5-1(3(7)8)2(6)4(9)10/h3-12H2,1-2H3,(H,21,22)(H,23,24);12H,2-11,14-15H2,1H3,(H,16,17);2-5H2,1H3,(H,11,12)(H,13,14);1-6H2,(H,9,10)(H,11,12);5H,1-4,7-8H2,(H2,9,10);1-3H2,(H,8,9)(H,10,11)(H,12,13);1-2,5-6H,(H,7,8)(H,9,10)/t;12-;;;5-;;/m.0..0../s1. The highest BCUT2D eigenvalue weighted by Crippen LogP contribution is 2.07. The highest BCUT2D eigenvalue weighted by Gasteiger charge is 2.29. The fourth-order valence-corrected chi connectivity index (χ4v) is 7.15. The Kier molecular flexibility index (Phi) is 75.2. The number of hydrogen-bond acceptors (Lipinski definition) is 25. The van der Waals surface area contributed by atoms with Crippen LogP contribution in [-0.2, 0) is 86.2 Å². The summed E-state index contributed by atoms with van der Waals surface area (Å²) in [6.45, 7) is 9.37. The molecule has 0 aromatic heterocycles. The maximum atomic E-state index is 12.1. The zero-order valence-corrected chi connectivity index (χ0v) is 58.8. The molecular formula is C61H114N10O31. The van der Waals surface area contributed by atoms with Crippen LogP contribution in [0.25, 0.3) is 0 Å². The molecule has 0 radical (unpaired) electrons. The second-order valence-electron chi connectivity index (χ2n) is 21.6. The van der Waals surface area contributed by atoms with Gasteiger partial charge in [0.1, 0.15) is 13.1 Å². The molecule has 0 spiro atoms. The molecule has 0 bridgehead atoms. The van der Waals surface area contributed by atoms with Gasteiger partial charge in [-0.3, -0.25) is 72.0 Å². The second-order valence-corrected chi connectivity index (χ2v) is 21.6. The van der Waals surface area contributed by atoms with Crippen molar-refractivity contribution in [2.75, 3.05) is 105 Å². The predicted molar refractivity (Wildman–Crippen MR) is 360 cm³/mol. The third-order valence-electron chi connectivity index (χ3n) is 12.3. The lowest BCUT2D eigenvalue weighted by Gasteiger charge is -2.27. The topological polar surface area (TPSA) is 710 Å². The minimum atomic E-state index is -2.27. The van der Waals surface area contributed by atoms with Crippen LogP contribution in [0.2, 0.25) is 0 Å². The fraction of sp³-hybridized carbons (Fsp3) is 0.738. The smallest absolute Gasteiger partial charge is 0.335 e. The van der Waals surface area contributed by atoms with Crippen LogP contribution in [0.3, 0.4) is 0 Å². The van der Waals surface area contributed by atoms with E-state index < -0.39 is 134 Å². The Bertz CT molecular complexity index is 2280. The monoisotopic (exact) mass is 1480 g/mol. The number of carboxylic acid groups (broad SMARTS) is 11. The summed E-state index contributed by atoms with van der Waals surface area (Å²) in [5.41, 5.74) is 26.6. The van der Waals surface area contributed by atoms with Gasteiger partial charge in [0.05, 0.1) is 64.4 Å². The summed E-state index contributed by atoms with van der Waals surface area (Å²) in [7, 11) is 0. The molecule has 594 valence electrons. The van der Waals surface area contributed by atoms with Gasteiger partial charge in [-0.1, -0.05) is 53.4 Å². The molecule has 0 heterocycles. The van der Waals surface area contributed by atoms with Gasteiger partial charge < -0.3 is 125 Å². The maximum Gasteiger partial charge on any atom is 0.335 e. The van der Waals surface area contributed by atoms with Gasteiger partial charge in [-0.2, -0.15) is 0 Å². The third-order valence-corrected chi connectivity index (χ3v) is 12.3. The van der Waals surface area contributed by atoms with Crippen molar-refractivity contribution < 1.29 is 153 Å². The number of aliphatic carboxylic acids is 11. The number of nitrogens with two attached hydrogens (primary N) is 5. The lowest BCUT2D eigenvalue weighted by Crippen LogP contribution is -2.42. The Balaban J connectivity index is -0.000000211. The first-order valence-electron chi connectivity index (χ1n) is 32.7. The number of unbranched alkanes of at least 4 members (excludes halogenated alkanes) is 5. The van der Waals surface area contributed by atoms with Crippen LogP contribution in [0.4, 0.5) is 0 Å². The normalized spacial score (nSPS) is 11.2. The van der Waals surface area contributed by atoms with Crippen LogP contribution < -0.4 is 34.0 Å². The number of aliphatic hydroxyl groups is 2. The second kappa shape index (κ2) is 72.0. The van der Waals surface area contributed by atoms with Crippen molar-refractivity contribution in [1.82, 2.24) is 24.9 Å². The molecule has 4 atom stereocenters. The summed E-state index contributed by atoms with van der Waals surface area (Å²) in [6.07, 6.45) is 7.00. The Hall–Kier alpha value is -8.84. The summed E-state index contributed by atoms with van der Waals surface area (Å²) in [5.74, 6) is -14.6. The lowest BCUT2D eigenvalue weighted by atomic mass is 10.1. The summed E-state index contributed by atoms with van der Waals surface area (Å²) >= 11 is 0. The molecule has 0 saturated carbocycles. The van der Waals surface area contributed by atoms with Gasteiger partial charge in [0, 0.05) is 71.4 Å². The van der Waals surface area contributed by atoms with Gasteiger partial charge in [-0.05, 0) is 77.3 Å². The molecule has 0 saturated heterocycles. The van der Waals surface area contributed by atoms with Crippen LogP contribution in [0.1, 0.15) is 163 Å². The first-order valence-corrected chi connectivity index (χ1v) is 32.7. The number of carboxylic acids is 11. The van der Waals surface area contributed by atoms with E-state index in [-0.39, 0.29) is 76.0 Å². The molecule has 5 amide bonds. The van der Waals surface area contributed by atoms with E-state index in [1.165, 1.54) is 9.80 Å². The van der Waals surface area contributed by atoms with E-state index in [1.807, 2.05) is 13.8 Å². The van der Waals surface area contributed by atoms with Crippen molar-refractivity contribution in [3.8, 4) is 0 Å². The predicted octanol–water partition coefficient (Wildman–Crippen LogP) is -2.18. The molecular weight excluding hydrogens is 1370 g/mol. The van der Waals surface area contributed by atoms with Crippen molar-refractivity contribution in [3.05, 3.63) is 0 Å². The van der Waals surface area contributed by atoms with Crippen LogP contribution >= 0.6 is 0 Å². The summed E-state index contributed by atoms with van der Waals surface area (Å²) in [4.78, 5) is 174.